The standard InChI is InChI=1S/C34H47BN7O10S/c1-18(40-33(49)23(36)12-19-7-9-21(43)10-8-19)27(45)16-39-25(32(37)48)17-53-28-14-26(44)22(31(28)47)4-2-6-30(46)41-20-13-24(38-15-20)34(50)42-11-3-5-29(42)35(51)52/h7-10,14,18,20,22-25,29,36,38-39,43,51-52H,2-6,11-13,15-17H2,1H3,(H2,37,48)(H,40,49)(H,41,46)/t18-,20?,22?,23+,24+,25+,29+/m1/s1. The van der Waals surface area contributed by atoms with Gasteiger partial charge in [0.2, 0.25) is 23.6 Å². The number of primary amides is 1. The van der Waals surface area contributed by atoms with Gasteiger partial charge in [0, 0.05) is 31.3 Å². The molecule has 1 aromatic carbocycles. The molecule has 287 valence electrons. The highest BCUT2D eigenvalue weighted by molar-refractivity contribution is 8.04. The maximum atomic E-state index is 13.0. The number of phenolic OH excluding ortho intramolecular Hbond substituents is 1. The molecule has 2 unspecified atom stereocenters. The van der Waals surface area contributed by atoms with Gasteiger partial charge in [-0.3, -0.25) is 38.9 Å². The number of hydrogen-bond acceptors (Lipinski definition) is 13. The zero-order chi connectivity index (χ0) is 38.8. The molecule has 0 saturated carbocycles. The van der Waals surface area contributed by atoms with Crippen LogP contribution < -0.4 is 32.7 Å². The Kier molecular flexibility index (Phi) is 15.1. The van der Waals surface area contributed by atoms with Gasteiger partial charge in [-0.05, 0) is 69.2 Å². The van der Waals surface area contributed by atoms with E-state index in [-0.39, 0.29) is 66.5 Å². The Morgan fingerprint density at radius 1 is 1.15 bits per heavy atom. The monoisotopic (exact) mass is 756 g/mol. The second kappa shape index (κ2) is 19.3. The van der Waals surface area contributed by atoms with E-state index in [2.05, 4.69) is 21.3 Å². The minimum atomic E-state index is -1.61. The number of Topliss-reactive ketones (excluding diaryl/α,β-unsaturated/α-hetero) is 2. The Labute approximate surface area is 311 Å². The molecule has 10 N–H and O–H groups in total. The van der Waals surface area contributed by atoms with E-state index < -0.39 is 72.3 Å². The Balaban J connectivity index is 1.14. The molecule has 1 radical (unpaired) electrons. The largest absolute Gasteiger partial charge is 0.508 e. The number of carbonyl (C=O) groups excluding carboxylic acids is 7. The van der Waals surface area contributed by atoms with E-state index in [9.17, 15) is 48.7 Å². The SMILES string of the molecule is C[C@@H](NC(=O)[C@@H]([NH])Cc1ccc(O)cc1)C(=O)CN[C@@H](CSC1=CC(=O)C(CCCC(=O)NC2CN[C@H](C(=O)N3CCC[C@H]3B(O)O)C2)C1=O)C(N)=O. The summed E-state index contributed by atoms with van der Waals surface area (Å²) in [6.07, 6.45) is 3.26. The van der Waals surface area contributed by atoms with Gasteiger partial charge in [-0.1, -0.05) is 12.1 Å². The van der Waals surface area contributed by atoms with Gasteiger partial charge in [0.15, 0.2) is 17.3 Å². The van der Waals surface area contributed by atoms with E-state index in [1.165, 1.54) is 30.0 Å². The van der Waals surface area contributed by atoms with Crippen molar-refractivity contribution in [1.82, 2.24) is 31.9 Å². The summed E-state index contributed by atoms with van der Waals surface area (Å²) in [5, 5.41) is 39.7. The topological polar surface area (TPSA) is 281 Å². The van der Waals surface area contributed by atoms with Crippen LogP contribution in [-0.2, 0) is 40.0 Å². The number of nitrogens with one attached hydrogen (secondary N) is 5. The summed E-state index contributed by atoms with van der Waals surface area (Å²) in [6, 6.07) is 2.00. The molecule has 2 saturated heterocycles. The highest BCUT2D eigenvalue weighted by Crippen LogP contribution is 2.31. The van der Waals surface area contributed by atoms with E-state index in [1.807, 2.05) is 0 Å². The molecule has 0 aromatic heterocycles. The maximum Gasteiger partial charge on any atom is 0.475 e. The van der Waals surface area contributed by atoms with E-state index in [1.54, 1.807) is 12.1 Å². The molecular weight excluding hydrogens is 709 g/mol. The number of carbonyl (C=O) groups is 7. The molecule has 1 aromatic rings. The molecular formula is C34H47BN7O10S. The molecule has 7 atom stereocenters. The number of hydrogen-bond donors (Lipinski definition) is 8. The van der Waals surface area contributed by atoms with Gasteiger partial charge in [-0.2, -0.15) is 0 Å². The van der Waals surface area contributed by atoms with Gasteiger partial charge in [0.1, 0.15) is 11.8 Å². The van der Waals surface area contributed by atoms with Crippen molar-refractivity contribution in [2.75, 3.05) is 25.4 Å². The first-order valence-corrected chi connectivity index (χ1v) is 18.6. The van der Waals surface area contributed by atoms with E-state index in [0.29, 0.717) is 37.9 Å². The van der Waals surface area contributed by atoms with Gasteiger partial charge < -0.3 is 41.7 Å². The van der Waals surface area contributed by atoms with Crippen molar-refractivity contribution in [3.63, 3.8) is 0 Å². The first-order valence-electron chi connectivity index (χ1n) is 17.6. The van der Waals surface area contributed by atoms with Crippen LogP contribution in [0.4, 0.5) is 0 Å². The summed E-state index contributed by atoms with van der Waals surface area (Å²) in [4.78, 5) is 90.1. The van der Waals surface area contributed by atoms with E-state index >= 15 is 0 Å². The third-order valence-corrected chi connectivity index (χ3v) is 10.7. The number of amides is 4. The number of allylic oxidation sites excluding steroid dienone is 2. The fourth-order valence-electron chi connectivity index (χ4n) is 6.51. The van der Waals surface area contributed by atoms with Crippen LogP contribution in [0.15, 0.2) is 35.2 Å². The molecule has 19 heteroatoms. The summed E-state index contributed by atoms with van der Waals surface area (Å²) in [6.45, 7) is 1.91. The van der Waals surface area contributed by atoms with Crippen LogP contribution in [0.3, 0.4) is 0 Å². The van der Waals surface area contributed by atoms with Gasteiger partial charge in [0.25, 0.3) is 0 Å². The van der Waals surface area contributed by atoms with Crippen LogP contribution in [-0.4, -0.2) is 130 Å². The van der Waals surface area contributed by atoms with Crippen molar-refractivity contribution in [2.45, 2.75) is 88.0 Å². The molecule has 53 heavy (non-hydrogen) atoms. The number of likely N-dealkylation sites (tertiary alicyclic amines) is 1. The minimum absolute atomic E-state index is 0.0529. The molecule has 2 fully saturated rings. The zero-order valence-electron chi connectivity index (χ0n) is 29.4. The lowest BCUT2D eigenvalue weighted by Crippen LogP contribution is -2.51. The molecule has 0 bridgehead atoms. The first kappa shape index (κ1) is 41.6. The average molecular weight is 757 g/mol. The van der Waals surface area contributed by atoms with Crippen molar-refractivity contribution in [1.29, 1.82) is 0 Å². The third-order valence-electron chi connectivity index (χ3n) is 9.60. The summed E-state index contributed by atoms with van der Waals surface area (Å²) in [5.41, 5.74) is 14.3. The van der Waals surface area contributed by atoms with Crippen LogP contribution in [0.25, 0.3) is 0 Å². The summed E-state index contributed by atoms with van der Waals surface area (Å²) < 4.78 is 0. The lowest BCUT2D eigenvalue weighted by molar-refractivity contribution is -0.133. The van der Waals surface area contributed by atoms with E-state index in [0.717, 1.165) is 11.8 Å². The predicted octanol–water partition coefficient (Wildman–Crippen LogP) is -2.49. The van der Waals surface area contributed by atoms with Gasteiger partial charge in [-0.15, -0.1) is 11.8 Å². The smallest absolute Gasteiger partial charge is 0.475 e. The first-order chi connectivity index (χ1) is 25.1. The minimum Gasteiger partial charge on any atom is -0.508 e. The highest BCUT2D eigenvalue weighted by atomic mass is 32.2. The highest BCUT2D eigenvalue weighted by Gasteiger charge is 2.41. The van der Waals surface area contributed by atoms with Gasteiger partial charge >= 0.3 is 7.12 Å². The molecule has 3 aliphatic rings. The zero-order valence-corrected chi connectivity index (χ0v) is 30.2. The number of ketones is 3. The number of phenols is 1. The lowest BCUT2D eigenvalue weighted by Gasteiger charge is -2.26. The number of benzene rings is 1. The lowest BCUT2D eigenvalue weighted by atomic mass is 9.77. The number of nitrogens with zero attached hydrogens (tertiary/aromatic N) is 1. The van der Waals surface area contributed by atoms with E-state index in [4.69, 9.17) is 11.5 Å². The summed E-state index contributed by atoms with van der Waals surface area (Å²) in [7, 11) is -1.61. The molecule has 2 heterocycles. The molecule has 0 spiro atoms. The average Bonchev–Trinajstić information content (AvgIpc) is 3.85. The van der Waals surface area contributed by atoms with Crippen molar-refractivity contribution >= 4 is 59.9 Å². The van der Waals surface area contributed by atoms with Gasteiger partial charge in [-0.25, -0.2) is 5.73 Å². The molecule has 17 nitrogen and oxygen atoms in total. The number of rotatable bonds is 19. The van der Waals surface area contributed by atoms with Crippen LogP contribution in [0.1, 0.15) is 51.0 Å². The Morgan fingerprint density at radius 3 is 2.55 bits per heavy atom. The number of nitrogens with two attached hydrogens (primary N) is 1. The Bertz CT molecular complexity index is 1580. The fraction of sp³-hybridized carbons (Fsp3) is 0.559. The van der Waals surface area contributed by atoms with Crippen molar-refractivity contribution < 1.29 is 48.7 Å². The second-order valence-electron chi connectivity index (χ2n) is 13.6. The summed E-state index contributed by atoms with van der Waals surface area (Å²) in [5.74, 6) is -4.89. The fourth-order valence-corrected chi connectivity index (χ4v) is 7.62. The second-order valence-corrected chi connectivity index (χ2v) is 14.7. The van der Waals surface area contributed by atoms with Crippen molar-refractivity contribution in [3.8, 4) is 5.75 Å². The van der Waals surface area contributed by atoms with Crippen LogP contribution >= 0.6 is 11.8 Å². The van der Waals surface area contributed by atoms with Crippen molar-refractivity contribution in [2.24, 2.45) is 11.7 Å². The molecule has 4 amide bonds. The maximum absolute atomic E-state index is 13.0. The molecule has 2 aliphatic heterocycles. The number of aromatic hydroxyl groups is 1. The molecule has 1 aliphatic carbocycles. The Morgan fingerprint density at radius 2 is 1.87 bits per heavy atom. The molecule has 4 rings (SSSR count). The Hall–Kier alpha value is -4.14. The predicted molar refractivity (Wildman–Crippen MR) is 193 cm³/mol. The quantitative estimate of drug-likeness (QED) is 0.0537. The van der Waals surface area contributed by atoms with Crippen LogP contribution in [0, 0.1) is 5.92 Å². The number of thioether (sulfide) groups is 1. The summed E-state index contributed by atoms with van der Waals surface area (Å²) >= 11 is 0.948. The van der Waals surface area contributed by atoms with Gasteiger partial charge in [0.05, 0.1) is 41.4 Å². The normalized spacial score (nSPS) is 22.9. The van der Waals surface area contributed by atoms with Crippen LogP contribution in [0.5, 0.6) is 5.75 Å². The van der Waals surface area contributed by atoms with Crippen LogP contribution in [0.2, 0.25) is 0 Å². The third kappa shape index (κ3) is 11.7. The van der Waals surface area contributed by atoms with Crippen molar-refractivity contribution in [3.05, 3.63) is 40.8 Å².